The molecular weight excluding hydrogens is 216 g/mol. The van der Waals surface area contributed by atoms with Gasteiger partial charge in [-0.1, -0.05) is 11.3 Å². The number of hydrogen-bond donors (Lipinski definition) is 1. The Bertz CT molecular complexity index is 328. The van der Waals surface area contributed by atoms with Gasteiger partial charge in [0.15, 0.2) is 0 Å². The number of rotatable bonds is 5. The van der Waals surface area contributed by atoms with Crippen molar-refractivity contribution in [2.24, 2.45) is 0 Å². The third-order valence-corrected chi connectivity index (χ3v) is 2.73. The van der Waals surface area contributed by atoms with E-state index in [1.165, 1.54) is 11.3 Å². The summed E-state index contributed by atoms with van der Waals surface area (Å²) in [4.78, 5) is 13.3. The van der Waals surface area contributed by atoms with Crippen molar-refractivity contribution in [1.82, 2.24) is 15.1 Å². The van der Waals surface area contributed by atoms with Gasteiger partial charge in [0.2, 0.25) is 10.1 Å². The summed E-state index contributed by atoms with van der Waals surface area (Å²) in [6.45, 7) is 1.06. The summed E-state index contributed by atoms with van der Waals surface area (Å²) in [6, 6.07) is 0. The summed E-state index contributed by atoms with van der Waals surface area (Å²) in [6.07, 6.45) is 0. The lowest BCUT2D eigenvalue weighted by Gasteiger charge is -2.13. The van der Waals surface area contributed by atoms with E-state index in [-0.39, 0.29) is 5.91 Å². The standard InChI is InChI=1S/C8H14N4O2S/c1-9-8-11-10-6(15-8)7(13)12(2)4-5-14-3/h4-5H2,1-3H3,(H,9,11). The highest BCUT2D eigenvalue weighted by Gasteiger charge is 2.16. The summed E-state index contributed by atoms with van der Waals surface area (Å²) in [7, 11) is 5.05. The highest BCUT2D eigenvalue weighted by Crippen LogP contribution is 2.15. The third-order valence-electron chi connectivity index (χ3n) is 1.80. The van der Waals surface area contributed by atoms with Crippen molar-refractivity contribution < 1.29 is 9.53 Å². The predicted octanol–water partition coefficient (Wildman–Crippen LogP) is 0.298. The molecule has 0 aromatic carbocycles. The fraction of sp³-hybridized carbons (Fsp3) is 0.625. The van der Waals surface area contributed by atoms with E-state index in [1.807, 2.05) is 0 Å². The van der Waals surface area contributed by atoms with Crippen LogP contribution in [0, 0.1) is 0 Å². The Morgan fingerprint density at radius 2 is 2.33 bits per heavy atom. The molecule has 0 aliphatic heterocycles. The molecule has 6 nitrogen and oxygen atoms in total. The maximum atomic E-state index is 11.7. The van der Waals surface area contributed by atoms with Crippen LogP contribution in [0.1, 0.15) is 9.80 Å². The van der Waals surface area contributed by atoms with E-state index >= 15 is 0 Å². The Kier molecular flexibility index (Phi) is 4.44. The maximum Gasteiger partial charge on any atom is 0.284 e. The fourth-order valence-corrected chi connectivity index (χ4v) is 1.60. The van der Waals surface area contributed by atoms with Gasteiger partial charge in [-0.15, -0.1) is 10.2 Å². The molecule has 0 atom stereocenters. The van der Waals surface area contributed by atoms with Gasteiger partial charge in [0, 0.05) is 27.7 Å². The molecule has 0 saturated heterocycles. The van der Waals surface area contributed by atoms with Crippen molar-refractivity contribution in [3.8, 4) is 0 Å². The Hall–Kier alpha value is -1.21. The monoisotopic (exact) mass is 230 g/mol. The molecule has 7 heteroatoms. The first-order valence-corrected chi connectivity index (χ1v) is 5.26. The number of amides is 1. The molecule has 0 bridgehead atoms. The van der Waals surface area contributed by atoms with Crippen LogP contribution in [-0.4, -0.2) is 55.4 Å². The molecule has 0 aliphatic carbocycles. The van der Waals surface area contributed by atoms with E-state index in [2.05, 4.69) is 15.5 Å². The molecule has 0 spiro atoms. The van der Waals surface area contributed by atoms with Gasteiger partial charge in [-0.05, 0) is 0 Å². The fourth-order valence-electron chi connectivity index (χ4n) is 0.904. The Morgan fingerprint density at radius 1 is 1.60 bits per heavy atom. The maximum absolute atomic E-state index is 11.7. The minimum Gasteiger partial charge on any atom is -0.383 e. The minimum absolute atomic E-state index is 0.133. The molecule has 1 rings (SSSR count). The van der Waals surface area contributed by atoms with E-state index in [9.17, 15) is 4.79 Å². The van der Waals surface area contributed by atoms with Crippen LogP contribution in [0.4, 0.5) is 5.13 Å². The van der Waals surface area contributed by atoms with Crippen LogP contribution in [0.2, 0.25) is 0 Å². The second-order valence-electron chi connectivity index (χ2n) is 2.88. The normalized spacial score (nSPS) is 10.1. The van der Waals surface area contributed by atoms with E-state index in [0.717, 1.165) is 0 Å². The molecule has 0 aliphatic rings. The quantitative estimate of drug-likeness (QED) is 0.788. The third kappa shape index (κ3) is 3.14. The van der Waals surface area contributed by atoms with E-state index in [1.54, 1.807) is 26.1 Å². The van der Waals surface area contributed by atoms with Crippen LogP contribution in [0.15, 0.2) is 0 Å². The number of carbonyl (C=O) groups is 1. The lowest BCUT2D eigenvalue weighted by molar-refractivity contribution is 0.0743. The van der Waals surface area contributed by atoms with Crippen molar-refractivity contribution in [2.75, 3.05) is 39.7 Å². The zero-order valence-electron chi connectivity index (χ0n) is 8.98. The zero-order chi connectivity index (χ0) is 11.3. The lowest BCUT2D eigenvalue weighted by atomic mass is 10.5. The van der Waals surface area contributed by atoms with Crippen LogP contribution in [0.5, 0.6) is 0 Å². The lowest BCUT2D eigenvalue weighted by Crippen LogP contribution is -2.29. The first kappa shape index (κ1) is 11.9. The number of methoxy groups -OCH3 is 1. The minimum atomic E-state index is -0.133. The van der Waals surface area contributed by atoms with Gasteiger partial charge < -0.3 is 15.0 Å². The molecule has 1 aromatic heterocycles. The molecular formula is C8H14N4O2S. The van der Waals surface area contributed by atoms with Gasteiger partial charge in [-0.25, -0.2) is 0 Å². The van der Waals surface area contributed by atoms with Crippen LogP contribution in [0.3, 0.4) is 0 Å². The van der Waals surface area contributed by atoms with Crippen LogP contribution >= 0.6 is 11.3 Å². The second kappa shape index (κ2) is 5.62. The number of carbonyl (C=O) groups excluding carboxylic acids is 1. The Labute approximate surface area is 92.3 Å². The predicted molar refractivity (Wildman–Crippen MR) is 58.3 cm³/mol. The van der Waals surface area contributed by atoms with Gasteiger partial charge in [-0.2, -0.15) is 0 Å². The van der Waals surface area contributed by atoms with Crippen LogP contribution < -0.4 is 5.32 Å². The highest BCUT2D eigenvalue weighted by molar-refractivity contribution is 7.17. The molecule has 15 heavy (non-hydrogen) atoms. The summed E-state index contributed by atoms with van der Waals surface area (Å²) in [5, 5.41) is 11.4. The molecule has 84 valence electrons. The summed E-state index contributed by atoms with van der Waals surface area (Å²) in [5.41, 5.74) is 0. The number of aromatic nitrogens is 2. The number of nitrogens with one attached hydrogen (secondary N) is 1. The second-order valence-corrected chi connectivity index (χ2v) is 3.86. The number of nitrogens with zero attached hydrogens (tertiary/aromatic N) is 3. The first-order chi connectivity index (χ1) is 7.19. The summed E-state index contributed by atoms with van der Waals surface area (Å²) in [5.74, 6) is -0.133. The van der Waals surface area contributed by atoms with Crippen LogP contribution in [-0.2, 0) is 4.74 Å². The van der Waals surface area contributed by atoms with Crippen molar-refractivity contribution >= 4 is 22.4 Å². The molecule has 1 heterocycles. The summed E-state index contributed by atoms with van der Waals surface area (Å²) < 4.78 is 4.89. The SMILES string of the molecule is CNc1nnc(C(=O)N(C)CCOC)s1. The van der Waals surface area contributed by atoms with E-state index in [4.69, 9.17) is 4.74 Å². The molecule has 1 N–H and O–H groups in total. The van der Waals surface area contributed by atoms with Crippen LogP contribution in [0.25, 0.3) is 0 Å². The van der Waals surface area contributed by atoms with Gasteiger partial charge in [0.25, 0.3) is 5.91 Å². The Morgan fingerprint density at radius 3 is 2.87 bits per heavy atom. The average Bonchev–Trinajstić information content (AvgIpc) is 2.73. The topological polar surface area (TPSA) is 67.4 Å². The molecule has 1 amide bonds. The number of likely N-dealkylation sites (N-methyl/N-ethyl adjacent to an activating group) is 1. The van der Waals surface area contributed by atoms with Crippen molar-refractivity contribution in [3.05, 3.63) is 5.01 Å². The van der Waals surface area contributed by atoms with Crippen molar-refractivity contribution in [2.45, 2.75) is 0 Å². The molecule has 0 saturated carbocycles. The average molecular weight is 230 g/mol. The number of ether oxygens (including phenoxy) is 1. The molecule has 1 aromatic rings. The van der Waals surface area contributed by atoms with E-state index < -0.39 is 0 Å². The smallest absolute Gasteiger partial charge is 0.284 e. The van der Waals surface area contributed by atoms with Crippen molar-refractivity contribution in [3.63, 3.8) is 0 Å². The molecule has 0 unspecified atom stereocenters. The highest BCUT2D eigenvalue weighted by atomic mass is 32.1. The molecule has 0 fully saturated rings. The van der Waals surface area contributed by atoms with Crippen molar-refractivity contribution in [1.29, 1.82) is 0 Å². The van der Waals surface area contributed by atoms with E-state index in [0.29, 0.717) is 23.3 Å². The Balaban J connectivity index is 2.59. The largest absolute Gasteiger partial charge is 0.383 e. The van der Waals surface area contributed by atoms with Gasteiger partial charge in [0.05, 0.1) is 6.61 Å². The zero-order valence-corrected chi connectivity index (χ0v) is 9.80. The number of anilines is 1. The molecule has 0 radical (unpaired) electrons. The van der Waals surface area contributed by atoms with Gasteiger partial charge >= 0.3 is 0 Å². The summed E-state index contributed by atoms with van der Waals surface area (Å²) >= 11 is 1.24. The first-order valence-electron chi connectivity index (χ1n) is 4.44. The van der Waals surface area contributed by atoms with Gasteiger partial charge in [0.1, 0.15) is 0 Å². The number of hydrogen-bond acceptors (Lipinski definition) is 6. The van der Waals surface area contributed by atoms with Gasteiger partial charge in [-0.3, -0.25) is 4.79 Å².